The highest BCUT2D eigenvalue weighted by molar-refractivity contribution is 5.91. The molecule has 1 N–H and O–H groups in total. The van der Waals surface area contributed by atoms with Crippen LogP contribution in [0.2, 0.25) is 0 Å². The Morgan fingerprint density at radius 2 is 2.12 bits per heavy atom. The van der Waals surface area contributed by atoms with Crippen LogP contribution in [0.3, 0.4) is 0 Å². The van der Waals surface area contributed by atoms with Gasteiger partial charge >= 0.3 is 0 Å². The lowest BCUT2D eigenvalue weighted by Crippen LogP contribution is -2.21. The normalized spacial score (nSPS) is 11.6. The Bertz CT molecular complexity index is 722. The van der Waals surface area contributed by atoms with E-state index in [1.54, 1.807) is 6.08 Å². The fourth-order valence-electron chi connectivity index (χ4n) is 2.80. The molecule has 5 heteroatoms. The number of carbonyl (C=O) groups is 1. The molecule has 0 radical (unpaired) electrons. The molecule has 0 aliphatic carbocycles. The van der Waals surface area contributed by atoms with Crippen molar-refractivity contribution in [3.63, 3.8) is 0 Å². The van der Waals surface area contributed by atoms with Crippen LogP contribution in [0.25, 0.3) is 11.9 Å². The number of amides is 1. The zero-order valence-electron chi connectivity index (χ0n) is 15.3. The van der Waals surface area contributed by atoms with E-state index in [1.807, 2.05) is 23.0 Å². The summed E-state index contributed by atoms with van der Waals surface area (Å²) in [6.45, 7) is 11.2. The Hall–Kier alpha value is -2.30. The second-order valence-electron chi connectivity index (χ2n) is 6.37. The minimum absolute atomic E-state index is 0.0412. The number of aryl methyl sites for hydroxylation is 1. The summed E-state index contributed by atoms with van der Waals surface area (Å²) in [6, 6.07) is 4.41. The molecule has 1 amide bonds. The number of carbonyl (C=O) groups excluding carboxylic acids is 1. The van der Waals surface area contributed by atoms with Gasteiger partial charge in [0.25, 0.3) is 0 Å². The number of unbranched alkanes of at least 4 members (excludes halogenated alkanes) is 1. The molecule has 0 bridgehead atoms. The lowest BCUT2D eigenvalue weighted by Gasteiger charge is -2.15. The predicted octanol–water partition coefficient (Wildman–Crippen LogP) is 3.80. The van der Waals surface area contributed by atoms with Gasteiger partial charge in [0.2, 0.25) is 5.91 Å². The highest BCUT2D eigenvalue weighted by Crippen LogP contribution is 2.23. The number of aromatic nitrogens is 3. The molecule has 0 fully saturated rings. The predicted molar refractivity (Wildman–Crippen MR) is 98.4 cm³/mol. The lowest BCUT2D eigenvalue weighted by molar-refractivity contribution is -0.116. The van der Waals surface area contributed by atoms with Gasteiger partial charge in [0.1, 0.15) is 5.82 Å². The molecule has 0 saturated carbocycles. The van der Waals surface area contributed by atoms with Gasteiger partial charge in [-0.25, -0.2) is 4.68 Å². The van der Waals surface area contributed by atoms with E-state index in [0.717, 1.165) is 42.2 Å². The molecular weight excluding hydrogens is 300 g/mol. The average molecular weight is 328 g/mol. The second-order valence-corrected chi connectivity index (χ2v) is 6.37. The summed E-state index contributed by atoms with van der Waals surface area (Å²) in [5, 5.41) is 7.31. The Labute approximate surface area is 144 Å². The molecule has 130 valence electrons. The molecule has 2 rings (SSSR count). The molecule has 0 atom stereocenters. The van der Waals surface area contributed by atoms with Crippen molar-refractivity contribution in [2.45, 2.75) is 53.5 Å². The first-order valence-corrected chi connectivity index (χ1v) is 8.64. The first-order valence-electron chi connectivity index (χ1n) is 8.64. The SMILES string of the molecule is CCCCNC(=O)/C=C/c1cc(C)n(-c2ccnn2C(C)C)c1C. The summed E-state index contributed by atoms with van der Waals surface area (Å²) >= 11 is 0. The van der Waals surface area contributed by atoms with Crippen LogP contribution in [-0.4, -0.2) is 26.8 Å². The fourth-order valence-corrected chi connectivity index (χ4v) is 2.80. The van der Waals surface area contributed by atoms with Crippen LogP contribution in [-0.2, 0) is 4.79 Å². The van der Waals surface area contributed by atoms with Crippen molar-refractivity contribution in [1.82, 2.24) is 19.7 Å². The Kier molecular flexibility index (Phi) is 6.01. The van der Waals surface area contributed by atoms with Crippen molar-refractivity contribution in [2.24, 2.45) is 0 Å². The van der Waals surface area contributed by atoms with Crippen LogP contribution in [0.5, 0.6) is 0 Å². The molecule has 0 aliphatic rings. The van der Waals surface area contributed by atoms with E-state index in [1.165, 1.54) is 0 Å². The van der Waals surface area contributed by atoms with Crippen molar-refractivity contribution in [1.29, 1.82) is 0 Å². The first-order chi connectivity index (χ1) is 11.5. The highest BCUT2D eigenvalue weighted by atomic mass is 16.1. The Morgan fingerprint density at radius 1 is 1.38 bits per heavy atom. The van der Waals surface area contributed by atoms with Gasteiger partial charge < -0.3 is 9.88 Å². The molecule has 0 unspecified atom stereocenters. The third-order valence-corrected chi connectivity index (χ3v) is 4.08. The lowest BCUT2D eigenvalue weighted by atomic mass is 10.2. The first kappa shape index (κ1) is 18.0. The molecule has 0 spiro atoms. The van der Waals surface area contributed by atoms with Crippen LogP contribution >= 0.6 is 0 Å². The van der Waals surface area contributed by atoms with Gasteiger partial charge in [-0.05, 0) is 51.8 Å². The van der Waals surface area contributed by atoms with Crippen molar-refractivity contribution >= 4 is 12.0 Å². The maximum atomic E-state index is 11.8. The van der Waals surface area contributed by atoms with Crippen LogP contribution in [0.1, 0.15) is 56.6 Å². The van der Waals surface area contributed by atoms with E-state index in [0.29, 0.717) is 6.04 Å². The van der Waals surface area contributed by atoms with Crippen LogP contribution in [0, 0.1) is 13.8 Å². The maximum Gasteiger partial charge on any atom is 0.244 e. The van der Waals surface area contributed by atoms with E-state index in [2.05, 4.69) is 55.7 Å². The van der Waals surface area contributed by atoms with Gasteiger partial charge in [-0.15, -0.1) is 0 Å². The van der Waals surface area contributed by atoms with E-state index in [9.17, 15) is 4.79 Å². The summed E-state index contributed by atoms with van der Waals surface area (Å²) in [4.78, 5) is 11.8. The van der Waals surface area contributed by atoms with Crippen molar-refractivity contribution in [3.8, 4) is 5.82 Å². The number of nitrogens with zero attached hydrogens (tertiary/aromatic N) is 3. The zero-order chi connectivity index (χ0) is 17.7. The molecule has 0 aromatic carbocycles. The van der Waals surface area contributed by atoms with Gasteiger partial charge in [0.15, 0.2) is 0 Å². The number of rotatable bonds is 7. The summed E-state index contributed by atoms with van der Waals surface area (Å²) in [7, 11) is 0. The number of hydrogen-bond donors (Lipinski definition) is 1. The molecule has 2 heterocycles. The Balaban J connectivity index is 2.23. The number of hydrogen-bond acceptors (Lipinski definition) is 2. The van der Waals surface area contributed by atoms with Crippen LogP contribution in [0.15, 0.2) is 24.4 Å². The van der Waals surface area contributed by atoms with Crippen molar-refractivity contribution in [2.75, 3.05) is 6.54 Å². The standard InChI is InChI=1S/C19H28N4O/c1-6-7-11-20-18(24)9-8-17-13-15(4)22(16(17)5)19-10-12-21-23(19)14(2)3/h8-10,12-14H,6-7,11H2,1-5H3,(H,20,24)/b9-8+. The van der Waals surface area contributed by atoms with Crippen molar-refractivity contribution in [3.05, 3.63) is 41.4 Å². The van der Waals surface area contributed by atoms with Gasteiger partial charge in [0.05, 0.1) is 6.20 Å². The minimum atomic E-state index is -0.0412. The maximum absolute atomic E-state index is 11.8. The van der Waals surface area contributed by atoms with E-state index in [-0.39, 0.29) is 5.91 Å². The Morgan fingerprint density at radius 3 is 2.79 bits per heavy atom. The summed E-state index contributed by atoms with van der Waals surface area (Å²) in [5.74, 6) is 1.01. The summed E-state index contributed by atoms with van der Waals surface area (Å²) in [5.41, 5.74) is 3.28. The third kappa shape index (κ3) is 3.96. The van der Waals surface area contributed by atoms with Gasteiger partial charge in [-0.2, -0.15) is 5.10 Å². The van der Waals surface area contributed by atoms with E-state index < -0.39 is 0 Å². The molecule has 0 aliphatic heterocycles. The van der Waals surface area contributed by atoms with Gasteiger partial charge in [0, 0.05) is 36.1 Å². The third-order valence-electron chi connectivity index (χ3n) is 4.08. The fraction of sp³-hybridized carbons (Fsp3) is 0.474. The van der Waals surface area contributed by atoms with Gasteiger partial charge in [-0.3, -0.25) is 4.79 Å². The monoisotopic (exact) mass is 328 g/mol. The molecule has 24 heavy (non-hydrogen) atoms. The number of nitrogens with one attached hydrogen (secondary N) is 1. The van der Waals surface area contributed by atoms with Crippen LogP contribution < -0.4 is 5.32 Å². The summed E-state index contributed by atoms with van der Waals surface area (Å²) in [6.07, 6.45) is 7.41. The molecule has 5 nitrogen and oxygen atoms in total. The summed E-state index contributed by atoms with van der Waals surface area (Å²) < 4.78 is 4.19. The van der Waals surface area contributed by atoms with Crippen molar-refractivity contribution < 1.29 is 4.79 Å². The second kappa shape index (κ2) is 7.99. The molecular formula is C19H28N4O. The highest BCUT2D eigenvalue weighted by Gasteiger charge is 2.14. The smallest absolute Gasteiger partial charge is 0.244 e. The van der Waals surface area contributed by atoms with E-state index >= 15 is 0 Å². The molecule has 2 aromatic rings. The quantitative estimate of drug-likeness (QED) is 0.621. The zero-order valence-corrected chi connectivity index (χ0v) is 15.3. The largest absolute Gasteiger partial charge is 0.353 e. The minimum Gasteiger partial charge on any atom is -0.353 e. The van der Waals surface area contributed by atoms with Gasteiger partial charge in [-0.1, -0.05) is 13.3 Å². The molecule has 0 saturated heterocycles. The van der Waals surface area contributed by atoms with E-state index in [4.69, 9.17) is 0 Å². The average Bonchev–Trinajstić information content (AvgIpc) is 3.10. The van der Waals surface area contributed by atoms with Crippen LogP contribution in [0.4, 0.5) is 0 Å². The molecule has 2 aromatic heterocycles. The topological polar surface area (TPSA) is 51.9 Å².